The summed E-state index contributed by atoms with van der Waals surface area (Å²) in [4.78, 5) is 27.8. The molecule has 0 saturated carbocycles. The molecule has 1 heterocycles. The van der Waals surface area contributed by atoms with Gasteiger partial charge in [0.25, 0.3) is 5.91 Å². The Labute approximate surface area is 164 Å². The van der Waals surface area contributed by atoms with Crippen LogP contribution in [-0.2, 0) is 9.59 Å². The van der Waals surface area contributed by atoms with Gasteiger partial charge in [0.1, 0.15) is 0 Å². The van der Waals surface area contributed by atoms with E-state index < -0.39 is 0 Å². The summed E-state index contributed by atoms with van der Waals surface area (Å²) in [5, 5.41) is 3.65. The van der Waals surface area contributed by atoms with Gasteiger partial charge in [-0.25, -0.2) is 0 Å². The number of benzene rings is 2. The second-order valence-corrected chi connectivity index (χ2v) is 7.37. The van der Waals surface area contributed by atoms with Crippen LogP contribution in [0.4, 0.5) is 5.69 Å². The van der Waals surface area contributed by atoms with Gasteiger partial charge in [0.05, 0.1) is 26.2 Å². The molecule has 1 fully saturated rings. The van der Waals surface area contributed by atoms with Crippen molar-refractivity contribution in [2.45, 2.75) is 19.9 Å². The molecule has 1 atom stereocenters. The highest BCUT2D eigenvalue weighted by molar-refractivity contribution is 6.31. The van der Waals surface area contributed by atoms with E-state index in [4.69, 9.17) is 11.6 Å². The van der Waals surface area contributed by atoms with Crippen molar-refractivity contribution in [2.24, 2.45) is 0 Å². The minimum Gasteiger partial charge on any atom is -0.332 e. The lowest BCUT2D eigenvalue weighted by atomic mass is 10.0. The Balaban J connectivity index is 1.81. The molecule has 2 amide bonds. The predicted octanol–water partition coefficient (Wildman–Crippen LogP) is 2.08. The number of nitrogens with zero attached hydrogens (tertiary/aromatic N) is 1. The first-order valence-corrected chi connectivity index (χ1v) is 9.55. The van der Waals surface area contributed by atoms with Gasteiger partial charge in [-0.05, 0) is 24.6 Å². The van der Waals surface area contributed by atoms with Crippen molar-refractivity contribution in [3.05, 3.63) is 64.7 Å². The molecule has 0 unspecified atom stereocenters. The van der Waals surface area contributed by atoms with E-state index in [1.807, 2.05) is 54.3 Å². The fraction of sp³-hybridized carbons (Fsp3) is 0.333. The Morgan fingerprint density at radius 1 is 1.11 bits per heavy atom. The molecule has 6 heteroatoms. The number of carbonyl (C=O) groups excluding carboxylic acids is 2. The standard InChI is InChI=1S/C21H24ClN3O2/c1-15-8-9-18(14-19(15)22)23-21(27)20(17-6-4-3-5-7-17)25-12-10-24(11-13-25)16(2)26/h3-9,14,20H,10-13H2,1-2H3,(H,23,27)/p+1/t20-/m0/s1. The number of carbonyl (C=O) groups is 2. The molecule has 1 saturated heterocycles. The maximum atomic E-state index is 13.2. The Morgan fingerprint density at radius 2 is 1.78 bits per heavy atom. The monoisotopic (exact) mass is 386 g/mol. The second kappa shape index (κ2) is 8.55. The zero-order chi connectivity index (χ0) is 19.4. The average Bonchev–Trinajstić information content (AvgIpc) is 2.66. The second-order valence-electron chi connectivity index (χ2n) is 6.96. The van der Waals surface area contributed by atoms with Crippen LogP contribution in [0.25, 0.3) is 0 Å². The first-order valence-electron chi connectivity index (χ1n) is 9.18. The van der Waals surface area contributed by atoms with Gasteiger partial charge in [0.15, 0.2) is 6.04 Å². The highest BCUT2D eigenvalue weighted by Crippen LogP contribution is 2.21. The van der Waals surface area contributed by atoms with E-state index in [1.165, 1.54) is 0 Å². The van der Waals surface area contributed by atoms with Gasteiger partial charge in [-0.15, -0.1) is 0 Å². The Hall–Kier alpha value is -2.37. The molecule has 27 heavy (non-hydrogen) atoms. The van der Waals surface area contributed by atoms with Crippen LogP contribution in [-0.4, -0.2) is 42.9 Å². The summed E-state index contributed by atoms with van der Waals surface area (Å²) >= 11 is 6.19. The third-order valence-corrected chi connectivity index (χ3v) is 5.50. The van der Waals surface area contributed by atoms with Crippen molar-refractivity contribution in [3.63, 3.8) is 0 Å². The van der Waals surface area contributed by atoms with E-state index in [2.05, 4.69) is 5.32 Å². The molecular weight excluding hydrogens is 362 g/mol. The molecule has 1 aliphatic rings. The van der Waals surface area contributed by atoms with Crippen LogP contribution in [0.5, 0.6) is 0 Å². The minimum absolute atomic E-state index is 0.0626. The summed E-state index contributed by atoms with van der Waals surface area (Å²) in [5.74, 6) is 0.0245. The summed E-state index contributed by atoms with van der Waals surface area (Å²) in [5.41, 5.74) is 2.64. The lowest BCUT2D eigenvalue weighted by Gasteiger charge is -2.35. The molecule has 2 aromatic carbocycles. The summed E-state index contributed by atoms with van der Waals surface area (Å²) < 4.78 is 0. The number of anilines is 1. The van der Waals surface area contributed by atoms with E-state index in [9.17, 15) is 9.59 Å². The number of aryl methyl sites for hydroxylation is 1. The maximum absolute atomic E-state index is 13.2. The van der Waals surface area contributed by atoms with Crippen LogP contribution in [0.3, 0.4) is 0 Å². The number of quaternary nitrogens is 1. The Kier molecular flexibility index (Phi) is 6.14. The Morgan fingerprint density at radius 3 is 2.37 bits per heavy atom. The van der Waals surface area contributed by atoms with Gasteiger partial charge in [0, 0.05) is 23.2 Å². The van der Waals surface area contributed by atoms with Crippen molar-refractivity contribution in [3.8, 4) is 0 Å². The number of halogens is 1. The Bertz CT molecular complexity index is 817. The molecule has 0 aromatic heterocycles. The maximum Gasteiger partial charge on any atom is 0.287 e. The van der Waals surface area contributed by atoms with E-state index in [0.717, 1.165) is 29.1 Å². The first kappa shape index (κ1) is 19.4. The van der Waals surface area contributed by atoms with Gasteiger partial charge in [-0.3, -0.25) is 9.59 Å². The molecule has 0 spiro atoms. The number of piperazine rings is 1. The van der Waals surface area contributed by atoms with E-state index in [1.54, 1.807) is 13.0 Å². The molecule has 2 aromatic rings. The predicted molar refractivity (Wildman–Crippen MR) is 107 cm³/mol. The van der Waals surface area contributed by atoms with Crippen LogP contribution >= 0.6 is 11.6 Å². The van der Waals surface area contributed by atoms with Crippen molar-refractivity contribution < 1.29 is 14.5 Å². The smallest absolute Gasteiger partial charge is 0.287 e. The van der Waals surface area contributed by atoms with E-state index in [0.29, 0.717) is 23.8 Å². The SMILES string of the molecule is CC(=O)N1CC[NH+]([C@H](C(=O)Nc2ccc(C)c(Cl)c2)c2ccccc2)CC1. The number of rotatable bonds is 4. The first-order chi connectivity index (χ1) is 13.0. The minimum atomic E-state index is -0.333. The quantitative estimate of drug-likeness (QED) is 0.845. The van der Waals surface area contributed by atoms with Crippen molar-refractivity contribution >= 4 is 29.1 Å². The number of amides is 2. The van der Waals surface area contributed by atoms with Crippen LogP contribution < -0.4 is 10.2 Å². The number of hydrogen-bond donors (Lipinski definition) is 2. The third kappa shape index (κ3) is 4.67. The molecule has 2 N–H and O–H groups in total. The van der Waals surface area contributed by atoms with Crippen LogP contribution in [0, 0.1) is 6.92 Å². The summed E-state index contributed by atoms with van der Waals surface area (Å²) in [6.45, 7) is 6.32. The highest BCUT2D eigenvalue weighted by atomic mass is 35.5. The van der Waals surface area contributed by atoms with Gasteiger partial charge < -0.3 is 15.1 Å². The van der Waals surface area contributed by atoms with Crippen molar-refractivity contribution in [1.82, 2.24) is 4.90 Å². The molecule has 1 aliphatic heterocycles. The van der Waals surface area contributed by atoms with Gasteiger partial charge >= 0.3 is 0 Å². The van der Waals surface area contributed by atoms with Crippen LogP contribution in [0.2, 0.25) is 5.02 Å². The van der Waals surface area contributed by atoms with Gasteiger partial charge in [0.2, 0.25) is 5.91 Å². The molecule has 3 rings (SSSR count). The molecule has 142 valence electrons. The fourth-order valence-electron chi connectivity index (χ4n) is 3.50. The molecule has 0 radical (unpaired) electrons. The molecule has 0 bridgehead atoms. The van der Waals surface area contributed by atoms with Crippen molar-refractivity contribution in [1.29, 1.82) is 0 Å². The summed E-state index contributed by atoms with van der Waals surface area (Å²) in [6.07, 6.45) is 0. The summed E-state index contributed by atoms with van der Waals surface area (Å²) in [6, 6.07) is 15.0. The normalized spacial score (nSPS) is 16.0. The fourth-order valence-corrected chi connectivity index (χ4v) is 3.68. The lowest BCUT2D eigenvalue weighted by molar-refractivity contribution is -0.925. The van der Waals surface area contributed by atoms with Crippen molar-refractivity contribution in [2.75, 3.05) is 31.5 Å². The molecular formula is C21H25ClN3O2+. The molecule has 5 nitrogen and oxygen atoms in total. The molecule has 0 aliphatic carbocycles. The highest BCUT2D eigenvalue weighted by Gasteiger charge is 2.34. The zero-order valence-corrected chi connectivity index (χ0v) is 16.4. The van der Waals surface area contributed by atoms with E-state index in [-0.39, 0.29) is 17.9 Å². The van der Waals surface area contributed by atoms with Crippen LogP contribution in [0.15, 0.2) is 48.5 Å². The topological polar surface area (TPSA) is 53.9 Å². The number of hydrogen-bond acceptors (Lipinski definition) is 2. The zero-order valence-electron chi connectivity index (χ0n) is 15.7. The number of nitrogens with one attached hydrogen (secondary N) is 2. The lowest BCUT2D eigenvalue weighted by Crippen LogP contribution is -3.16. The average molecular weight is 387 g/mol. The summed E-state index contributed by atoms with van der Waals surface area (Å²) in [7, 11) is 0. The largest absolute Gasteiger partial charge is 0.332 e. The van der Waals surface area contributed by atoms with Gasteiger partial charge in [-0.1, -0.05) is 48.0 Å². The van der Waals surface area contributed by atoms with E-state index >= 15 is 0 Å². The van der Waals surface area contributed by atoms with Crippen LogP contribution in [0.1, 0.15) is 24.1 Å². The van der Waals surface area contributed by atoms with Gasteiger partial charge in [-0.2, -0.15) is 0 Å². The third-order valence-electron chi connectivity index (χ3n) is 5.09.